The van der Waals surface area contributed by atoms with Crippen LogP contribution < -0.4 is 10.0 Å². The zero-order valence-electron chi connectivity index (χ0n) is 15.1. The molecule has 1 aliphatic rings. The van der Waals surface area contributed by atoms with E-state index in [1.165, 1.54) is 25.1 Å². The van der Waals surface area contributed by atoms with E-state index in [9.17, 15) is 18.0 Å². The Labute approximate surface area is 159 Å². The number of anilines is 1. The van der Waals surface area contributed by atoms with Crippen LogP contribution in [0.5, 0.6) is 0 Å². The number of carbonyl (C=O) groups excluding carboxylic acids is 2. The molecule has 6 nitrogen and oxygen atoms in total. The van der Waals surface area contributed by atoms with Gasteiger partial charge in [-0.3, -0.25) is 9.59 Å². The van der Waals surface area contributed by atoms with Gasteiger partial charge in [0, 0.05) is 17.2 Å². The zero-order valence-corrected chi connectivity index (χ0v) is 15.9. The summed E-state index contributed by atoms with van der Waals surface area (Å²) < 4.78 is 27.9. The maximum atomic E-state index is 12.6. The predicted molar refractivity (Wildman–Crippen MR) is 103 cm³/mol. The SMILES string of the molecule is CC(=O)c1ccccc1NC(=O)c1cccc(S(=O)(=O)NC2CCCC2)c1. The monoisotopic (exact) mass is 386 g/mol. The van der Waals surface area contributed by atoms with Gasteiger partial charge in [0.1, 0.15) is 0 Å². The maximum absolute atomic E-state index is 12.6. The van der Waals surface area contributed by atoms with Crippen LogP contribution in [0.2, 0.25) is 0 Å². The minimum atomic E-state index is -3.68. The van der Waals surface area contributed by atoms with Crippen molar-refractivity contribution in [2.45, 2.75) is 43.5 Å². The molecule has 1 fully saturated rings. The van der Waals surface area contributed by atoms with E-state index in [1.807, 2.05) is 0 Å². The number of rotatable bonds is 6. The van der Waals surface area contributed by atoms with E-state index in [1.54, 1.807) is 30.3 Å². The highest BCUT2D eigenvalue weighted by atomic mass is 32.2. The molecule has 7 heteroatoms. The normalized spacial score (nSPS) is 14.9. The van der Waals surface area contributed by atoms with Crippen LogP contribution in [-0.2, 0) is 10.0 Å². The van der Waals surface area contributed by atoms with Crippen LogP contribution in [0.4, 0.5) is 5.69 Å². The molecule has 2 aromatic rings. The second-order valence-electron chi connectivity index (χ2n) is 6.69. The molecule has 1 saturated carbocycles. The van der Waals surface area contributed by atoms with Crippen molar-refractivity contribution in [2.75, 3.05) is 5.32 Å². The first-order chi connectivity index (χ1) is 12.9. The Morgan fingerprint density at radius 2 is 1.70 bits per heavy atom. The largest absolute Gasteiger partial charge is 0.321 e. The van der Waals surface area contributed by atoms with Crippen molar-refractivity contribution >= 4 is 27.4 Å². The molecule has 0 heterocycles. The van der Waals surface area contributed by atoms with Crippen molar-refractivity contribution in [2.24, 2.45) is 0 Å². The van der Waals surface area contributed by atoms with E-state index in [0.717, 1.165) is 25.7 Å². The van der Waals surface area contributed by atoms with Gasteiger partial charge in [0.15, 0.2) is 5.78 Å². The molecule has 142 valence electrons. The molecule has 2 aromatic carbocycles. The number of para-hydroxylation sites is 1. The summed E-state index contributed by atoms with van der Waals surface area (Å²) in [6, 6.07) is 12.6. The minimum absolute atomic E-state index is 0.0464. The molecule has 0 spiro atoms. The van der Waals surface area contributed by atoms with Crippen LogP contribution in [-0.4, -0.2) is 26.2 Å². The summed E-state index contributed by atoms with van der Waals surface area (Å²) in [7, 11) is -3.68. The van der Waals surface area contributed by atoms with Crippen LogP contribution in [0.25, 0.3) is 0 Å². The van der Waals surface area contributed by atoms with Gasteiger partial charge in [0.05, 0.1) is 10.6 Å². The molecular weight excluding hydrogens is 364 g/mol. The van der Waals surface area contributed by atoms with Gasteiger partial charge in [-0.1, -0.05) is 31.0 Å². The first kappa shape index (κ1) is 19.3. The van der Waals surface area contributed by atoms with Gasteiger partial charge >= 0.3 is 0 Å². The second kappa shape index (κ2) is 8.02. The molecule has 1 aliphatic carbocycles. The summed E-state index contributed by atoms with van der Waals surface area (Å²) in [6.07, 6.45) is 3.71. The first-order valence-corrected chi connectivity index (χ1v) is 10.4. The number of nitrogens with one attached hydrogen (secondary N) is 2. The lowest BCUT2D eigenvalue weighted by atomic mass is 10.1. The third-order valence-corrected chi connectivity index (χ3v) is 6.16. The number of benzene rings is 2. The summed E-state index contributed by atoms with van der Waals surface area (Å²) in [4.78, 5) is 24.3. The van der Waals surface area contributed by atoms with Gasteiger partial charge < -0.3 is 5.32 Å². The smallest absolute Gasteiger partial charge is 0.255 e. The van der Waals surface area contributed by atoms with Crippen molar-refractivity contribution in [1.82, 2.24) is 4.72 Å². The molecule has 0 aliphatic heterocycles. The Hall–Kier alpha value is -2.51. The van der Waals surface area contributed by atoms with Crippen molar-refractivity contribution in [3.63, 3.8) is 0 Å². The van der Waals surface area contributed by atoms with E-state index in [2.05, 4.69) is 10.0 Å². The number of sulfonamides is 1. The Morgan fingerprint density at radius 3 is 2.41 bits per heavy atom. The maximum Gasteiger partial charge on any atom is 0.255 e. The van der Waals surface area contributed by atoms with Crippen molar-refractivity contribution in [3.8, 4) is 0 Å². The lowest BCUT2D eigenvalue weighted by molar-refractivity contribution is 0.101. The number of amides is 1. The standard InChI is InChI=1S/C20H22N2O4S/c1-14(23)18-11-4-5-12-19(18)21-20(24)15-7-6-10-17(13-15)27(25,26)22-16-8-2-3-9-16/h4-7,10-13,16,22H,2-3,8-9H2,1H3,(H,21,24). The highest BCUT2D eigenvalue weighted by molar-refractivity contribution is 7.89. The molecule has 0 radical (unpaired) electrons. The van der Waals surface area contributed by atoms with E-state index < -0.39 is 15.9 Å². The second-order valence-corrected chi connectivity index (χ2v) is 8.40. The quantitative estimate of drug-likeness (QED) is 0.745. The third kappa shape index (κ3) is 4.61. The Balaban J connectivity index is 1.81. The molecule has 0 saturated heterocycles. The number of ketones is 1. The number of hydrogen-bond acceptors (Lipinski definition) is 4. The summed E-state index contributed by atoms with van der Waals surface area (Å²) in [5, 5.41) is 2.68. The summed E-state index contributed by atoms with van der Waals surface area (Å²) in [5.74, 6) is -0.635. The van der Waals surface area contributed by atoms with Gasteiger partial charge in [-0.2, -0.15) is 0 Å². The van der Waals surface area contributed by atoms with Gasteiger partial charge in [0.25, 0.3) is 5.91 Å². The van der Waals surface area contributed by atoms with E-state index >= 15 is 0 Å². The molecule has 1 amide bonds. The van der Waals surface area contributed by atoms with Gasteiger partial charge in [-0.15, -0.1) is 0 Å². The Morgan fingerprint density at radius 1 is 1.00 bits per heavy atom. The van der Waals surface area contributed by atoms with Crippen molar-refractivity contribution in [3.05, 3.63) is 59.7 Å². The summed E-state index contributed by atoms with van der Waals surface area (Å²) in [6.45, 7) is 1.42. The molecule has 3 rings (SSSR count). The Bertz CT molecular complexity index is 963. The molecule has 27 heavy (non-hydrogen) atoms. The Kier molecular flexibility index (Phi) is 5.72. The predicted octanol–water partition coefficient (Wildman–Crippen LogP) is 3.36. The van der Waals surface area contributed by atoms with Crippen LogP contribution in [0, 0.1) is 0 Å². The molecule has 0 atom stereocenters. The molecule has 0 aromatic heterocycles. The lowest BCUT2D eigenvalue weighted by Crippen LogP contribution is -2.32. The molecule has 0 unspecified atom stereocenters. The van der Waals surface area contributed by atoms with Gasteiger partial charge in [-0.25, -0.2) is 13.1 Å². The van der Waals surface area contributed by atoms with E-state index in [0.29, 0.717) is 11.3 Å². The summed E-state index contributed by atoms with van der Waals surface area (Å²) in [5.41, 5.74) is 1.01. The number of carbonyl (C=O) groups is 2. The highest BCUT2D eigenvalue weighted by Gasteiger charge is 2.23. The fourth-order valence-electron chi connectivity index (χ4n) is 3.23. The van der Waals surface area contributed by atoms with Gasteiger partial charge in [0.2, 0.25) is 10.0 Å². The first-order valence-electron chi connectivity index (χ1n) is 8.90. The zero-order chi connectivity index (χ0) is 19.4. The van der Waals surface area contributed by atoms with Crippen LogP contribution in [0.3, 0.4) is 0 Å². The third-order valence-electron chi connectivity index (χ3n) is 4.64. The molecule has 0 bridgehead atoms. The topological polar surface area (TPSA) is 92.3 Å². The average Bonchev–Trinajstić information content (AvgIpc) is 3.14. The lowest BCUT2D eigenvalue weighted by Gasteiger charge is -2.13. The van der Waals surface area contributed by atoms with Crippen molar-refractivity contribution in [1.29, 1.82) is 0 Å². The van der Waals surface area contributed by atoms with Crippen LogP contribution >= 0.6 is 0 Å². The van der Waals surface area contributed by atoms with E-state index in [-0.39, 0.29) is 22.3 Å². The van der Waals surface area contributed by atoms with Crippen LogP contribution in [0.1, 0.15) is 53.3 Å². The number of Topliss-reactive ketones (excluding diaryl/α,β-unsaturated/α-hetero) is 1. The van der Waals surface area contributed by atoms with Crippen LogP contribution in [0.15, 0.2) is 53.4 Å². The average molecular weight is 386 g/mol. The number of hydrogen-bond donors (Lipinski definition) is 2. The summed E-state index contributed by atoms with van der Waals surface area (Å²) >= 11 is 0. The highest BCUT2D eigenvalue weighted by Crippen LogP contribution is 2.21. The fraction of sp³-hybridized carbons (Fsp3) is 0.300. The molecule has 2 N–H and O–H groups in total. The minimum Gasteiger partial charge on any atom is -0.321 e. The van der Waals surface area contributed by atoms with Gasteiger partial charge in [-0.05, 0) is 50.1 Å². The molecular formula is C20H22N2O4S. The van der Waals surface area contributed by atoms with Crippen molar-refractivity contribution < 1.29 is 18.0 Å². The van der Waals surface area contributed by atoms with E-state index in [4.69, 9.17) is 0 Å². The fourth-order valence-corrected chi connectivity index (χ4v) is 4.58.